The van der Waals surface area contributed by atoms with Crippen LogP contribution in [0.15, 0.2) is 53.0 Å². The van der Waals surface area contributed by atoms with Crippen molar-refractivity contribution >= 4 is 22.0 Å². The summed E-state index contributed by atoms with van der Waals surface area (Å²) >= 11 is 3.09. The number of amides is 1. The van der Waals surface area contributed by atoms with Crippen LogP contribution < -0.4 is 4.74 Å². The van der Waals surface area contributed by atoms with Crippen LogP contribution in [-0.2, 0) is 17.5 Å². The van der Waals surface area contributed by atoms with Crippen LogP contribution in [0.4, 0.5) is 18.0 Å². The number of hydrogen-bond acceptors (Lipinski definition) is 3. The van der Waals surface area contributed by atoms with Gasteiger partial charge in [0, 0.05) is 30.4 Å². The van der Waals surface area contributed by atoms with Crippen molar-refractivity contribution in [2.24, 2.45) is 0 Å². The van der Waals surface area contributed by atoms with Crippen molar-refractivity contribution in [1.29, 1.82) is 0 Å². The third-order valence-electron chi connectivity index (χ3n) is 4.41. The molecule has 28 heavy (non-hydrogen) atoms. The fourth-order valence-corrected chi connectivity index (χ4v) is 3.43. The molecule has 0 aromatic heterocycles. The van der Waals surface area contributed by atoms with Gasteiger partial charge in [0.05, 0.1) is 5.56 Å². The summed E-state index contributed by atoms with van der Waals surface area (Å²) in [5.41, 5.74) is 0.142. The maximum Gasteiger partial charge on any atom is 0.416 e. The van der Waals surface area contributed by atoms with Gasteiger partial charge < -0.3 is 14.4 Å². The van der Waals surface area contributed by atoms with E-state index in [1.165, 1.54) is 6.07 Å². The summed E-state index contributed by atoms with van der Waals surface area (Å²) in [6, 6.07) is 12.9. The van der Waals surface area contributed by atoms with Crippen LogP contribution in [0.2, 0.25) is 0 Å². The van der Waals surface area contributed by atoms with Crippen LogP contribution in [0.5, 0.6) is 5.75 Å². The molecule has 4 nitrogen and oxygen atoms in total. The van der Waals surface area contributed by atoms with Gasteiger partial charge >= 0.3 is 12.3 Å². The fraction of sp³-hybridized carbons (Fsp3) is 0.350. The van der Waals surface area contributed by atoms with E-state index < -0.39 is 17.8 Å². The zero-order chi connectivity index (χ0) is 20.1. The number of nitrogens with zero attached hydrogens (tertiary/aromatic N) is 1. The Kier molecular flexibility index (Phi) is 6.49. The lowest BCUT2D eigenvalue weighted by Crippen LogP contribution is -2.42. The van der Waals surface area contributed by atoms with Gasteiger partial charge in [-0.1, -0.05) is 46.3 Å². The lowest BCUT2D eigenvalue weighted by molar-refractivity contribution is -0.137. The molecule has 1 aliphatic heterocycles. The number of alkyl halides is 3. The smallest absolute Gasteiger partial charge is 0.416 e. The van der Waals surface area contributed by atoms with E-state index in [9.17, 15) is 18.0 Å². The molecule has 1 aliphatic rings. The van der Waals surface area contributed by atoms with Gasteiger partial charge in [-0.3, -0.25) is 0 Å². The molecule has 0 N–H and O–H groups in total. The number of piperidine rings is 1. The second-order valence-corrected chi connectivity index (χ2v) is 7.43. The first-order valence-corrected chi connectivity index (χ1v) is 9.60. The van der Waals surface area contributed by atoms with Crippen molar-refractivity contribution in [2.75, 3.05) is 13.1 Å². The Hall–Kier alpha value is -2.22. The Balaban J connectivity index is 1.50. The summed E-state index contributed by atoms with van der Waals surface area (Å²) in [5, 5.41) is 0. The average Bonchev–Trinajstić information content (AvgIpc) is 2.66. The monoisotopic (exact) mass is 457 g/mol. The summed E-state index contributed by atoms with van der Waals surface area (Å²) in [6.45, 7) is 1.06. The van der Waals surface area contributed by atoms with Gasteiger partial charge in [-0.05, 0) is 23.8 Å². The summed E-state index contributed by atoms with van der Waals surface area (Å²) in [5.74, 6) is 0.159. The zero-order valence-corrected chi connectivity index (χ0v) is 16.5. The molecule has 3 rings (SSSR count). The normalized spacial score (nSPS) is 15.4. The number of benzene rings is 2. The Labute approximate surface area is 169 Å². The van der Waals surface area contributed by atoms with E-state index in [1.807, 2.05) is 30.3 Å². The minimum absolute atomic E-state index is 0.159. The van der Waals surface area contributed by atoms with Gasteiger partial charge in [-0.2, -0.15) is 13.2 Å². The fourth-order valence-electron chi connectivity index (χ4n) is 2.95. The highest BCUT2D eigenvalue weighted by Crippen LogP contribution is 2.34. The molecular formula is C20H19BrF3NO3. The number of likely N-dealkylation sites (tertiary alicyclic amines) is 1. The summed E-state index contributed by atoms with van der Waals surface area (Å²) in [7, 11) is 0. The Morgan fingerprint density at radius 3 is 2.43 bits per heavy atom. The number of carbonyl (C=O) groups is 1. The summed E-state index contributed by atoms with van der Waals surface area (Å²) < 4.78 is 50.1. The van der Waals surface area contributed by atoms with E-state index in [2.05, 4.69) is 15.9 Å². The third-order valence-corrected chi connectivity index (χ3v) is 4.86. The van der Waals surface area contributed by atoms with Gasteiger partial charge in [-0.25, -0.2) is 4.79 Å². The van der Waals surface area contributed by atoms with Crippen LogP contribution in [0.3, 0.4) is 0 Å². The second-order valence-electron chi connectivity index (χ2n) is 6.52. The molecular weight excluding hydrogens is 439 g/mol. The van der Waals surface area contributed by atoms with Gasteiger partial charge in [0.25, 0.3) is 0 Å². The zero-order valence-electron chi connectivity index (χ0n) is 14.9. The van der Waals surface area contributed by atoms with Gasteiger partial charge in [0.2, 0.25) is 0 Å². The largest absolute Gasteiger partial charge is 0.490 e. The highest BCUT2D eigenvalue weighted by molar-refractivity contribution is 9.10. The van der Waals surface area contributed by atoms with Gasteiger partial charge in [0.1, 0.15) is 18.5 Å². The highest BCUT2D eigenvalue weighted by Gasteiger charge is 2.32. The minimum Gasteiger partial charge on any atom is -0.490 e. The molecule has 150 valence electrons. The number of carbonyl (C=O) groups excluding carboxylic acids is 1. The van der Waals surface area contributed by atoms with Crippen molar-refractivity contribution in [3.05, 3.63) is 64.1 Å². The van der Waals surface area contributed by atoms with E-state index in [0.29, 0.717) is 30.4 Å². The first-order chi connectivity index (χ1) is 13.3. The van der Waals surface area contributed by atoms with Crippen LogP contribution in [0.1, 0.15) is 24.0 Å². The van der Waals surface area contributed by atoms with Crippen molar-refractivity contribution in [3.8, 4) is 5.75 Å². The predicted molar refractivity (Wildman–Crippen MR) is 101 cm³/mol. The number of halogens is 4. The Morgan fingerprint density at radius 1 is 1.11 bits per heavy atom. The molecule has 0 radical (unpaired) electrons. The van der Waals surface area contributed by atoms with Crippen molar-refractivity contribution in [3.63, 3.8) is 0 Å². The minimum atomic E-state index is -4.44. The standard InChI is InChI=1S/C20H19BrF3NO3/c21-16-10-15(20(22,23)24)11-18(12-16)28-17-6-8-25(9-7-17)19(26)27-13-14-4-2-1-3-5-14/h1-5,10-12,17H,6-9,13H2. The molecule has 8 heteroatoms. The Bertz CT molecular complexity index is 806. The van der Waals surface area contributed by atoms with Crippen LogP contribution in [-0.4, -0.2) is 30.2 Å². The molecule has 1 amide bonds. The topological polar surface area (TPSA) is 38.8 Å². The van der Waals surface area contributed by atoms with Crippen molar-refractivity contribution < 1.29 is 27.4 Å². The van der Waals surface area contributed by atoms with E-state index >= 15 is 0 Å². The number of ether oxygens (including phenoxy) is 2. The van der Waals surface area contributed by atoms with E-state index in [0.717, 1.165) is 17.7 Å². The number of hydrogen-bond donors (Lipinski definition) is 0. The second kappa shape index (κ2) is 8.86. The van der Waals surface area contributed by atoms with Crippen LogP contribution >= 0.6 is 15.9 Å². The third kappa shape index (κ3) is 5.64. The molecule has 0 saturated carbocycles. The van der Waals surface area contributed by atoms with Gasteiger partial charge in [0.15, 0.2) is 0 Å². The maximum absolute atomic E-state index is 12.9. The van der Waals surface area contributed by atoms with E-state index in [4.69, 9.17) is 9.47 Å². The van der Waals surface area contributed by atoms with Crippen LogP contribution in [0, 0.1) is 0 Å². The lowest BCUT2D eigenvalue weighted by atomic mass is 10.1. The van der Waals surface area contributed by atoms with E-state index in [1.54, 1.807) is 4.90 Å². The summed E-state index contributed by atoms with van der Waals surface area (Å²) in [6.07, 6.45) is -4.05. The predicted octanol–water partition coefficient (Wildman–Crippen LogP) is 5.65. The first kappa shape index (κ1) is 20.5. The molecule has 1 heterocycles. The molecule has 0 atom stereocenters. The molecule has 0 spiro atoms. The summed E-state index contributed by atoms with van der Waals surface area (Å²) in [4.78, 5) is 13.8. The van der Waals surface area contributed by atoms with Crippen molar-refractivity contribution in [1.82, 2.24) is 4.90 Å². The molecule has 2 aromatic rings. The molecule has 0 aliphatic carbocycles. The van der Waals surface area contributed by atoms with Gasteiger partial charge in [-0.15, -0.1) is 0 Å². The van der Waals surface area contributed by atoms with E-state index in [-0.39, 0.29) is 18.5 Å². The quantitative estimate of drug-likeness (QED) is 0.595. The highest BCUT2D eigenvalue weighted by atomic mass is 79.9. The lowest BCUT2D eigenvalue weighted by Gasteiger charge is -2.31. The molecule has 0 unspecified atom stereocenters. The SMILES string of the molecule is O=C(OCc1ccccc1)N1CCC(Oc2cc(Br)cc(C(F)(F)F)c2)CC1. The number of rotatable bonds is 4. The molecule has 1 fully saturated rings. The first-order valence-electron chi connectivity index (χ1n) is 8.81. The molecule has 2 aromatic carbocycles. The van der Waals surface area contributed by atoms with Crippen LogP contribution in [0.25, 0.3) is 0 Å². The average molecular weight is 458 g/mol. The maximum atomic E-state index is 12.9. The molecule has 0 bridgehead atoms. The Morgan fingerprint density at radius 2 is 1.79 bits per heavy atom. The molecule has 1 saturated heterocycles. The van der Waals surface area contributed by atoms with Crippen molar-refractivity contribution in [2.45, 2.75) is 31.7 Å².